The molecule has 0 bridgehead atoms. The molecule has 0 N–H and O–H groups in total. The van der Waals surface area contributed by atoms with E-state index in [1.54, 1.807) is 6.33 Å². The molecule has 1 aliphatic heterocycles. The van der Waals surface area contributed by atoms with E-state index in [4.69, 9.17) is 11.6 Å². The minimum absolute atomic E-state index is 0.690. The molecule has 1 aliphatic rings. The zero-order chi connectivity index (χ0) is 12.8. The zero-order valence-electron chi connectivity index (χ0n) is 11.2. The summed E-state index contributed by atoms with van der Waals surface area (Å²) in [5.74, 6) is 1.88. The molecule has 1 aromatic rings. The first kappa shape index (κ1) is 13.8. The standard InChI is InChI=1S/C13H23ClN4/c1-2-8-18-13(15-11-16-18)10-17-9-4-6-12(17)5-3-7-14/h11-12H,2-10H2,1H3. The van der Waals surface area contributed by atoms with Crippen LogP contribution in [0.25, 0.3) is 0 Å². The summed E-state index contributed by atoms with van der Waals surface area (Å²) in [7, 11) is 0. The van der Waals surface area contributed by atoms with Crippen molar-refractivity contribution in [1.82, 2.24) is 19.7 Å². The summed E-state index contributed by atoms with van der Waals surface area (Å²) in [6.07, 6.45) is 7.71. The molecule has 0 amide bonds. The van der Waals surface area contributed by atoms with Gasteiger partial charge in [0.25, 0.3) is 0 Å². The third-order valence-corrected chi connectivity index (χ3v) is 3.91. The van der Waals surface area contributed by atoms with Crippen LogP contribution in [0.4, 0.5) is 0 Å². The molecule has 0 radical (unpaired) electrons. The number of hydrogen-bond donors (Lipinski definition) is 0. The van der Waals surface area contributed by atoms with Crippen molar-refractivity contribution in [3.8, 4) is 0 Å². The van der Waals surface area contributed by atoms with E-state index in [0.717, 1.165) is 37.6 Å². The highest BCUT2D eigenvalue weighted by atomic mass is 35.5. The van der Waals surface area contributed by atoms with Crippen LogP contribution in [0.3, 0.4) is 0 Å². The Labute approximate surface area is 114 Å². The van der Waals surface area contributed by atoms with Gasteiger partial charge in [0, 0.05) is 18.5 Å². The highest BCUT2D eigenvalue weighted by Crippen LogP contribution is 2.23. The lowest BCUT2D eigenvalue weighted by molar-refractivity contribution is 0.223. The van der Waals surface area contributed by atoms with E-state index < -0.39 is 0 Å². The number of likely N-dealkylation sites (tertiary alicyclic amines) is 1. The van der Waals surface area contributed by atoms with E-state index >= 15 is 0 Å². The van der Waals surface area contributed by atoms with Crippen molar-refractivity contribution in [3.63, 3.8) is 0 Å². The van der Waals surface area contributed by atoms with Gasteiger partial charge in [-0.25, -0.2) is 9.67 Å². The van der Waals surface area contributed by atoms with E-state index in [2.05, 4.69) is 21.9 Å². The fraction of sp³-hybridized carbons (Fsp3) is 0.846. The average molecular weight is 271 g/mol. The van der Waals surface area contributed by atoms with Gasteiger partial charge in [0.05, 0.1) is 6.54 Å². The van der Waals surface area contributed by atoms with Crippen LogP contribution in [-0.2, 0) is 13.1 Å². The quantitative estimate of drug-likeness (QED) is 0.715. The molecule has 0 spiro atoms. The van der Waals surface area contributed by atoms with Crippen LogP contribution in [0.5, 0.6) is 0 Å². The third-order valence-electron chi connectivity index (χ3n) is 3.65. The largest absolute Gasteiger partial charge is 0.293 e. The molecule has 1 saturated heterocycles. The Morgan fingerprint density at radius 1 is 1.50 bits per heavy atom. The van der Waals surface area contributed by atoms with Crippen LogP contribution in [0.15, 0.2) is 6.33 Å². The molecule has 1 unspecified atom stereocenters. The van der Waals surface area contributed by atoms with Crippen molar-refractivity contribution in [2.45, 2.75) is 58.2 Å². The maximum atomic E-state index is 5.79. The number of alkyl halides is 1. The van der Waals surface area contributed by atoms with Crippen LogP contribution in [-0.4, -0.2) is 38.1 Å². The van der Waals surface area contributed by atoms with Crippen LogP contribution >= 0.6 is 11.6 Å². The van der Waals surface area contributed by atoms with Crippen molar-refractivity contribution in [1.29, 1.82) is 0 Å². The first-order chi connectivity index (χ1) is 8.85. The molecule has 1 atom stereocenters. The molecule has 0 aliphatic carbocycles. The molecule has 18 heavy (non-hydrogen) atoms. The number of nitrogens with zero attached hydrogens (tertiary/aromatic N) is 4. The minimum atomic E-state index is 0.690. The Balaban J connectivity index is 1.92. The Hall–Kier alpha value is -0.610. The molecule has 5 heteroatoms. The summed E-state index contributed by atoms with van der Waals surface area (Å²) in [5, 5.41) is 4.29. The Kier molecular flexibility index (Phi) is 5.45. The lowest BCUT2D eigenvalue weighted by Crippen LogP contribution is -2.30. The monoisotopic (exact) mass is 270 g/mol. The van der Waals surface area contributed by atoms with Gasteiger partial charge >= 0.3 is 0 Å². The fourth-order valence-corrected chi connectivity index (χ4v) is 2.89. The summed E-state index contributed by atoms with van der Waals surface area (Å²) >= 11 is 5.79. The topological polar surface area (TPSA) is 34.0 Å². The molecule has 2 rings (SSSR count). The zero-order valence-corrected chi connectivity index (χ0v) is 11.9. The molecule has 4 nitrogen and oxygen atoms in total. The normalized spacial score (nSPS) is 20.7. The van der Waals surface area contributed by atoms with Gasteiger partial charge in [-0.1, -0.05) is 6.92 Å². The van der Waals surface area contributed by atoms with E-state index in [9.17, 15) is 0 Å². The molecule has 0 saturated carbocycles. The summed E-state index contributed by atoms with van der Waals surface area (Å²) in [4.78, 5) is 6.94. The van der Waals surface area contributed by atoms with Gasteiger partial charge in [-0.15, -0.1) is 11.6 Å². The summed E-state index contributed by atoms with van der Waals surface area (Å²) in [5.41, 5.74) is 0. The van der Waals surface area contributed by atoms with E-state index in [-0.39, 0.29) is 0 Å². The summed E-state index contributed by atoms with van der Waals surface area (Å²) < 4.78 is 2.04. The lowest BCUT2D eigenvalue weighted by atomic mass is 10.1. The average Bonchev–Trinajstić information content (AvgIpc) is 2.98. The predicted octanol–water partition coefficient (Wildman–Crippen LogP) is 2.67. The van der Waals surface area contributed by atoms with Gasteiger partial charge in [0.2, 0.25) is 0 Å². The van der Waals surface area contributed by atoms with E-state index in [0.29, 0.717) is 6.04 Å². The van der Waals surface area contributed by atoms with Gasteiger partial charge in [0.1, 0.15) is 12.2 Å². The lowest BCUT2D eigenvalue weighted by Gasteiger charge is -2.23. The number of halogens is 1. The van der Waals surface area contributed by atoms with E-state index in [1.165, 1.54) is 25.8 Å². The number of hydrogen-bond acceptors (Lipinski definition) is 3. The number of aryl methyl sites for hydroxylation is 1. The molecular weight excluding hydrogens is 248 g/mol. The Bertz CT molecular complexity index is 353. The molecule has 102 valence electrons. The SMILES string of the molecule is CCCn1ncnc1CN1CCCC1CCCCl. The highest BCUT2D eigenvalue weighted by molar-refractivity contribution is 6.17. The number of rotatable bonds is 7. The highest BCUT2D eigenvalue weighted by Gasteiger charge is 2.25. The van der Waals surface area contributed by atoms with Crippen LogP contribution in [0.2, 0.25) is 0 Å². The second-order valence-electron chi connectivity index (χ2n) is 5.00. The van der Waals surface area contributed by atoms with Gasteiger partial charge < -0.3 is 0 Å². The molecule has 1 aromatic heterocycles. The Morgan fingerprint density at radius 2 is 2.39 bits per heavy atom. The van der Waals surface area contributed by atoms with Gasteiger partial charge in [-0.3, -0.25) is 4.90 Å². The van der Waals surface area contributed by atoms with E-state index in [1.807, 2.05) is 4.68 Å². The molecule has 1 fully saturated rings. The van der Waals surface area contributed by atoms with Crippen LogP contribution in [0, 0.1) is 0 Å². The van der Waals surface area contributed by atoms with Crippen molar-refractivity contribution in [3.05, 3.63) is 12.2 Å². The predicted molar refractivity (Wildman–Crippen MR) is 73.7 cm³/mol. The van der Waals surface area contributed by atoms with Gasteiger partial charge in [-0.2, -0.15) is 5.10 Å². The smallest absolute Gasteiger partial charge is 0.141 e. The second-order valence-corrected chi connectivity index (χ2v) is 5.38. The maximum absolute atomic E-state index is 5.79. The first-order valence-electron chi connectivity index (χ1n) is 7.01. The second kappa shape index (κ2) is 7.10. The summed E-state index contributed by atoms with van der Waals surface area (Å²) in [6, 6.07) is 0.690. The molecule has 0 aromatic carbocycles. The Morgan fingerprint density at radius 3 is 3.17 bits per heavy atom. The number of aromatic nitrogens is 3. The fourth-order valence-electron chi connectivity index (χ4n) is 2.73. The molecule has 2 heterocycles. The van der Waals surface area contributed by atoms with Crippen molar-refractivity contribution in [2.75, 3.05) is 12.4 Å². The maximum Gasteiger partial charge on any atom is 0.141 e. The van der Waals surface area contributed by atoms with Gasteiger partial charge in [-0.05, 0) is 38.6 Å². The summed E-state index contributed by atoms with van der Waals surface area (Å²) in [6.45, 7) is 5.26. The van der Waals surface area contributed by atoms with Crippen LogP contribution < -0.4 is 0 Å². The van der Waals surface area contributed by atoms with Crippen molar-refractivity contribution in [2.24, 2.45) is 0 Å². The van der Waals surface area contributed by atoms with Crippen molar-refractivity contribution >= 4 is 11.6 Å². The molecular formula is C13H23ClN4. The third kappa shape index (κ3) is 3.45. The minimum Gasteiger partial charge on any atom is -0.293 e. The van der Waals surface area contributed by atoms with Gasteiger partial charge in [0.15, 0.2) is 0 Å². The van der Waals surface area contributed by atoms with Crippen LogP contribution in [0.1, 0.15) is 44.9 Å². The first-order valence-corrected chi connectivity index (χ1v) is 7.55. The van der Waals surface area contributed by atoms with Crippen molar-refractivity contribution < 1.29 is 0 Å².